The van der Waals surface area contributed by atoms with E-state index < -0.39 is 26.8 Å². The van der Waals surface area contributed by atoms with Crippen LogP contribution in [0, 0.1) is 17.6 Å². The summed E-state index contributed by atoms with van der Waals surface area (Å²) in [5.41, 5.74) is 9.42. The quantitative estimate of drug-likeness (QED) is 0.192. The van der Waals surface area contributed by atoms with Crippen molar-refractivity contribution in [1.82, 2.24) is 30.1 Å². The first-order valence-electron chi connectivity index (χ1n) is 13.4. The Morgan fingerprint density at radius 1 is 1.00 bits per heavy atom. The Hall–Kier alpha value is -5.08. The van der Waals surface area contributed by atoms with Crippen molar-refractivity contribution >= 4 is 43.4 Å². The maximum atomic E-state index is 15.3. The number of carbonyl (C=O) groups is 1. The van der Waals surface area contributed by atoms with Gasteiger partial charge in [-0.05, 0) is 53.6 Å². The number of imidazole rings is 1. The monoisotopic (exact) mass is 616 g/mol. The van der Waals surface area contributed by atoms with Crippen LogP contribution in [0.25, 0.3) is 55.8 Å². The van der Waals surface area contributed by atoms with Crippen molar-refractivity contribution < 1.29 is 22.0 Å². The summed E-state index contributed by atoms with van der Waals surface area (Å²) in [7, 11) is -3.69. The molecule has 224 valence electrons. The first-order chi connectivity index (χ1) is 20.9. The molecule has 0 spiro atoms. The van der Waals surface area contributed by atoms with Crippen molar-refractivity contribution in [2.24, 2.45) is 11.7 Å². The Morgan fingerprint density at radius 2 is 1.80 bits per heavy atom. The molecule has 0 saturated carbocycles. The normalized spacial score (nSPS) is 12.7. The third kappa shape index (κ3) is 5.40. The van der Waals surface area contributed by atoms with Gasteiger partial charge in [0.05, 0.1) is 23.1 Å². The zero-order valence-corrected chi connectivity index (χ0v) is 24.5. The number of aromatic amines is 2. The number of hydrogen-bond donors (Lipinski definition) is 4. The number of pyridine rings is 2. The predicted molar refractivity (Wildman–Crippen MR) is 163 cm³/mol. The van der Waals surface area contributed by atoms with E-state index in [4.69, 9.17) is 5.73 Å². The van der Waals surface area contributed by atoms with Crippen LogP contribution in [0.5, 0.6) is 0 Å². The fraction of sp³-hybridized carbons (Fsp3) is 0.167. The molecular weight excluding hydrogens is 590 g/mol. The number of rotatable bonds is 7. The van der Waals surface area contributed by atoms with Gasteiger partial charge in [-0.15, -0.1) is 0 Å². The molecule has 0 aliphatic rings. The van der Waals surface area contributed by atoms with E-state index in [-0.39, 0.29) is 40.0 Å². The van der Waals surface area contributed by atoms with Gasteiger partial charge in [0.2, 0.25) is 5.91 Å². The molecule has 4 heterocycles. The number of anilines is 1. The molecule has 0 aliphatic carbocycles. The number of fused-ring (bicyclic) bond motifs is 2. The van der Waals surface area contributed by atoms with Crippen LogP contribution in [0.1, 0.15) is 24.8 Å². The van der Waals surface area contributed by atoms with Gasteiger partial charge in [-0.1, -0.05) is 13.8 Å². The molecule has 44 heavy (non-hydrogen) atoms. The topological polar surface area (TPSA) is 172 Å². The molecule has 6 aromatic rings. The average Bonchev–Trinajstić information content (AvgIpc) is 3.60. The van der Waals surface area contributed by atoms with Gasteiger partial charge in [-0.25, -0.2) is 22.2 Å². The summed E-state index contributed by atoms with van der Waals surface area (Å²) in [6, 6.07) is 10.2. The number of aromatic nitrogens is 6. The standard InChI is InChI=1S/C30H26F2N8O3S/c1-14(2)30(41)36-20-9-18(12-34-13-20)15-10-21-25(22(32)11-15)39-40-26(21)29-37-23-4-5-35-24(27(23)38-29)16-6-17(8-19(31)7-16)28(33)44(3,42)43/h4-14,28H,33H2,1-3H3,(H,36,41)(H,37,38)(H,39,40). The van der Waals surface area contributed by atoms with Crippen molar-refractivity contribution in [3.63, 3.8) is 0 Å². The van der Waals surface area contributed by atoms with Gasteiger partial charge >= 0.3 is 0 Å². The van der Waals surface area contributed by atoms with Gasteiger partial charge < -0.3 is 16.0 Å². The molecular formula is C30H26F2N8O3S. The smallest absolute Gasteiger partial charge is 0.226 e. The number of halogens is 2. The lowest BCUT2D eigenvalue weighted by atomic mass is 10.0. The van der Waals surface area contributed by atoms with Gasteiger partial charge in [0.15, 0.2) is 15.7 Å². The van der Waals surface area contributed by atoms with E-state index >= 15 is 4.39 Å². The molecule has 6 rings (SSSR count). The van der Waals surface area contributed by atoms with E-state index in [1.807, 2.05) is 0 Å². The van der Waals surface area contributed by atoms with E-state index in [0.717, 1.165) is 12.3 Å². The van der Waals surface area contributed by atoms with Crippen LogP contribution in [0.15, 0.2) is 61.1 Å². The highest BCUT2D eigenvalue weighted by molar-refractivity contribution is 7.90. The minimum absolute atomic E-state index is 0.0701. The summed E-state index contributed by atoms with van der Waals surface area (Å²) in [4.78, 5) is 28.6. The predicted octanol–water partition coefficient (Wildman–Crippen LogP) is 5.10. The van der Waals surface area contributed by atoms with Crippen LogP contribution in [-0.4, -0.2) is 50.7 Å². The zero-order valence-electron chi connectivity index (χ0n) is 23.7. The molecule has 0 radical (unpaired) electrons. The van der Waals surface area contributed by atoms with E-state index in [1.165, 1.54) is 30.6 Å². The molecule has 0 bridgehead atoms. The van der Waals surface area contributed by atoms with Crippen LogP contribution in [-0.2, 0) is 14.6 Å². The fourth-order valence-corrected chi connectivity index (χ4v) is 5.43. The van der Waals surface area contributed by atoms with Crippen LogP contribution in [0.3, 0.4) is 0 Å². The number of carbonyl (C=O) groups excluding carboxylic acids is 1. The molecule has 1 unspecified atom stereocenters. The number of amides is 1. The summed E-state index contributed by atoms with van der Waals surface area (Å²) in [5, 5.41) is 8.84. The maximum Gasteiger partial charge on any atom is 0.226 e. The lowest BCUT2D eigenvalue weighted by Gasteiger charge is -2.12. The van der Waals surface area contributed by atoms with Crippen LogP contribution in [0.4, 0.5) is 14.5 Å². The summed E-state index contributed by atoms with van der Waals surface area (Å²) < 4.78 is 54.0. The second-order valence-electron chi connectivity index (χ2n) is 10.7. The summed E-state index contributed by atoms with van der Waals surface area (Å²) in [6.45, 7) is 3.55. The molecule has 4 aromatic heterocycles. The van der Waals surface area contributed by atoms with Gasteiger partial charge in [0.1, 0.15) is 33.7 Å². The van der Waals surface area contributed by atoms with Crippen molar-refractivity contribution in [1.29, 1.82) is 0 Å². The van der Waals surface area contributed by atoms with Gasteiger partial charge in [0, 0.05) is 41.1 Å². The van der Waals surface area contributed by atoms with Gasteiger partial charge in [-0.3, -0.25) is 19.9 Å². The Balaban J connectivity index is 1.44. The Morgan fingerprint density at radius 3 is 2.55 bits per heavy atom. The highest BCUT2D eigenvalue weighted by Gasteiger charge is 2.22. The van der Waals surface area contributed by atoms with Crippen LogP contribution >= 0.6 is 0 Å². The van der Waals surface area contributed by atoms with Crippen molar-refractivity contribution in [3.05, 3.63) is 78.3 Å². The van der Waals surface area contributed by atoms with Crippen molar-refractivity contribution in [2.45, 2.75) is 19.2 Å². The minimum Gasteiger partial charge on any atom is -0.336 e. The van der Waals surface area contributed by atoms with Crippen LogP contribution in [0.2, 0.25) is 0 Å². The second kappa shape index (κ2) is 10.9. The number of hydrogen-bond acceptors (Lipinski definition) is 8. The minimum atomic E-state index is -3.69. The number of nitrogens with one attached hydrogen (secondary N) is 3. The molecule has 1 atom stereocenters. The summed E-state index contributed by atoms with van der Waals surface area (Å²) >= 11 is 0. The highest BCUT2D eigenvalue weighted by Crippen LogP contribution is 2.35. The highest BCUT2D eigenvalue weighted by atomic mass is 32.2. The number of nitrogens with zero attached hydrogens (tertiary/aromatic N) is 4. The summed E-state index contributed by atoms with van der Waals surface area (Å²) in [5.74, 6) is -1.35. The first kappa shape index (κ1) is 29.0. The Kier molecular flexibility index (Phi) is 7.18. The molecule has 14 heteroatoms. The molecule has 5 N–H and O–H groups in total. The zero-order chi connectivity index (χ0) is 31.3. The molecule has 0 fully saturated rings. The molecule has 2 aromatic carbocycles. The lowest BCUT2D eigenvalue weighted by molar-refractivity contribution is -0.118. The fourth-order valence-electron chi connectivity index (χ4n) is 4.80. The van der Waals surface area contributed by atoms with Crippen LogP contribution < -0.4 is 11.1 Å². The number of benzene rings is 2. The first-order valence-corrected chi connectivity index (χ1v) is 15.4. The molecule has 0 aliphatic heterocycles. The maximum absolute atomic E-state index is 15.3. The largest absolute Gasteiger partial charge is 0.336 e. The summed E-state index contributed by atoms with van der Waals surface area (Å²) in [6.07, 6.45) is 5.55. The molecule has 1 amide bonds. The SMILES string of the molecule is CC(C)C(=O)Nc1cncc(-c2cc(F)c3[nH]nc(-c4nc5c(-c6cc(F)cc(C(N)S(C)(=O)=O)c6)nccc5[nH]4)c3c2)c1. The molecule has 0 saturated heterocycles. The number of nitrogens with two attached hydrogens (primary N) is 1. The van der Waals surface area contributed by atoms with Gasteiger partial charge in [-0.2, -0.15) is 5.10 Å². The van der Waals surface area contributed by atoms with Crippen molar-refractivity contribution in [2.75, 3.05) is 11.6 Å². The number of H-pyrrole nitrogens is 2. The van der Waals surface area contributed by atoms with E-state index in [9.17, 15) is 17.6 Å². The van der Waals surface area contributed by atoms with E-state index in [1.54, 1.807) is 38.2 Å². The lowest BCUT2D eigenvalue weighted by Crippen LogP contribution is -2.20. The second-order valence-corrected chi connectivity index (χ2v) is 12.9. The Bertz CT molecular complexity index is 2190. The third-order valence-corrected chi connectivity index (χ3v) is 8.29. The van der Waals surface area contributed by atoms with Gasteiger partial charge in [0.25, 0.3) is 0 Å². The average molecular weight is 617 g/mol. The molecule has 11 nitrogen and oxygen atoms in total. The number of sulfone groups is 1. The van der Waals surface area contributed by atoms with E-state index in [2.05, 4.69) is 35.5 Å². The van der Waals surface area contributed by atoms with Crippen molar-refractivity contribution in [3.8, 4) is 33.9 Å². The Labute approximate surface area is 249 Å². The third-order valence-electron chi connectivity index (χ3n) is 7.10. The van der Waals surface area contributed by atoms with E-state index in [0.29, 0.717) is 38.9 Å².